The van der Waals surface area contributed by atoms with Gasteiger partial charge in [-0.25, -0.2) is 4.68 Å². The van der Waals surface area contributed by atoms with Gasteiger partial charge in [-0.05, 0) is 66.9 Å². The molecule has 0 spiro atoms. The van der Waals surface area contributed by atoms with E-state index in [1.165, 1.54) is 27.5 Å². The van der Waals surface area contributed by atoms with E-state index in [-0.39, 0.29) is 0 Å². The topological polar surface area (TPSA) is 43.8 Å². The number of nitrogens with two attached hydrogens (primary N) is 1. The maximum Gasteiger partial charge on any atom is 0.0679 e. The second kappa shape index (κ2) is 6.77. The van der Waals surface area contributed by atoms with Crippen LogP contribution in [0.4, 0.5) is 0 Å². The third-order valence-corrected chi connectivity index (χ3v) is 4.94. The number of benzene rings is 3. The van der Waals surface area contributed by atoms with Gasteiger partial charge in [-0.1, -0.05) is 48.5 Å². The van der Waals surface area contributed by atoms with E-state index >= 15 is 0 Å². The highest BCUT2D eigenvalue weighted by molar-refractivity contribution is 5.88. The molecule has 4 aromatic rings. The number of nitrogens with zero attached hydrogens (tertiary/aromatic N) is 2. The summed E-state index contributed by atoms with van der Waals surface area (Å²) in [6.07, 6.45) is 0.903. The van der Waals surface area contributed by atoms with E-state index in [1.807, 2.05) is 4.68 Å². The molecule has 1 heterocycles. The minimum Gasteiger partial charge on any atom is -0.330 e. The monoisotopic (exact) mass is 341 g/mol. The number of hydrogen-bond acceptors (Lipinski definition) is 2. The van der Waals surface area contributed by atoms with Gasteiger partial charge in [0.15, 0.2) is 0 Å². The average molecular weight is 341 g/mol. The van der Waals surface area contributed by atoms with Crippen molar-refractivity contribution in [1.82, 2.24) is 9.78 Å². The minimum absolute atomic E-state index is 0.672. The van der Waals surface area contributed by atoms with Gasteiger partial charge in [-0.2, -0.15) is 5.10 Å². The molecule has 0 aliphatic heterocycles. The van der Waals surface area contributed by atoms with Crippen molar-refractivity contribution in [1.29, 1.82) is 0 Å². The van der Waals surface area contributed by atoms with E-state index in [2.05, 4.69) is 80.6 Å². The Labute approximate surface area is 154 Å². The standard InChI is InChI=1S/C23H23N3/c1-16-23(21-10-9-19-5-3-4-6-20(19)15-21)17(2)26(25-16)22-11-7-18(8-12-22)13-14-24/h3-12,15H,13-14,24H2,1-2H3. The fraction of sp³-hybridized carbons (Fsp3) is 0.174. The van der Waals surface area contributed by atoms with E-state index in [0.717, 1.165) is 23.5 Å². The van der Waals surface area contributed by atoms with Crippen molar-refractivity contribution in [2.45, 2.75) is 20.3 Å². The maximum atomic E-state index is 5.64. The van der Waals surface area contributed by atoms with Crippen molar-refractivity contribution in [2.75, 3.05) is 6.54 Å². The first-order valence-electron chi connectivity index (χ1n) is 9.02. The maximum absolute atomic E-state index is 5.64. The average Bonchev–Trinajstić information content (AvgIpc) is 2.96. The van der Waals surface area contributed by atoms with Crippen molar-refractivity contribution >= 4 is 10.8 Å². The molecule has 0 saturated carbocycles. The SMILES string of the molecule is Cc1nn(-c2ccc(CCN)cc2)c(C)c1-c1ccc2ccccc2c1. The van der Waals surface area contributed by atoms with Gasteiger partial charge in [-0.3, -0.25) is 0 Å². The number of aryl methyl sites for hydroxylation is 1. The Morgan fingerprint density at radius 3 is 2.35 bits per heavy atom. The first kappa shape index (κ1) is 16.6. The van der Waals surface area contributed by atoms with Gasteiger partial charge < -0.3 is 5.73 Å². The second-order valence-corrected chi connectivity index (χ2v) is 6.72. The number of aromatic nitrogens is 2. The van der Waals surface area contributed by atoms with E-state index in [1.54, 1.807) is 0 Å². The summed E-state index contributed by atoms with van der Waals surface area (Å²) in [4.78, 5) is 0. The third kappa shape index (κ3) is 2.91. The van der Waals surface area contributed by atoms with Crippen molar-refractivity contribution in [2.24, 2.45) is 5.73 Å². The highest BCUT2D eigenvalue weighted by atomic mass is 15.3. The van der Waals surface area contributed by atoms with Gasteiger partial charge in [0.05, 0.1) is 11.4 Å². The van der Waals surface area contributed by atoms with E-state index in [9.17, 15) is 0 Å². The molecule has 0 aliphatic carbocycles. The van der Waals surface area contributed by atoms with E-state index in [4.69, 9.17) is 10.8 Å². The molecule has 1 aromatic heterocycles. The first-order chi connectivity index (χ1) is 12.7. The molecule has 3 nitrogen and oxygen atoms in total. The van der Waals surface area contributed by atoms with Crippen molar-refractivity contribution in [3.8, 4) is 16.8 Å². The number of hydrogen-bond donors (Lipinski definition) is 1. The van der Waals surface area contributed by atoms with Crippen LogP contribution in [0.3, 0.4) is 0 Å². The Balaban J connectivity index is 1.78. The van der Waals surface area contributed by atoms with Gasteiger partial charge in [0.25, 0.3) is 0 Å². The smallest absolute Gasteiger partial charge is 0.0679 e. The molecule has 26 heavy (non-hydrogen) atoms. The van der Waals surface area contributed by atoms with Crippen LogP contribution in [0.25, 0.3) is 27.6 Å². The summed E-state index contributed by atoms with van der Waals surface area (Å²) in [5, 5.41) is 7.32. The molecule has 0 fully saturated rings. The number of rotatable bonds is 4. The first-order valence-corrected chi connectivity index (χ1v) is 9.02. The fourth-order valence-corrected chi connectivity index (χ4v) is 3.63. The van der Waals surface area contributed by atoms with Gasteiger partial charge in [0.1, 0.15) is 0 Å². The Hall–Kier alpha value is -2.91. The van der Waals surface area contributed by atoms with E-state index in [0.29, 0.717) is 6.54 Å². The Morgan fingerprint density at radius 2 is 1.62 bits per heavy atom. The molecular weight excluding hydrogens is 318 g/mol. The zero-order valence-electron chi connectivity index (χ0n) is 15.2. The lowest BCUT2D eigenvalue weighted by Gasteiger charge is -2.08. The molecule has 0 amide bonds. The summed E-state index contributed by atoms with van der Waals surface area (Å²) in [7, 11) is 0. The van der Waals surface area contributed by atoms with Crippen LogP contribution in [-0.2, 0) is 6.42 Å². The molecule has 0 bridgehead atoms. The molecule has 2 N–H and O–H groups in total. The fourth-order valence-electron chi connectivity index (χ4n) is 3.63. The molecule has 4 rings (SSSR count). The highest BCUT2D eigenvalue weighted by Gasteiger charge is 2.15. The van der Waals surface area contributed by atoms with Gasteiger partial charge in [-0.15, -0.1) is 0 Å². The predicted molar refractivity (Wildman–Crippen MR) is 109 cm³/mol. The van der Waals surface area contributed by atoms with Crippen LogP contribution in [-0.4, -0.2) is 16.3 Å². The zero-order chi connectivity index (χ0) is 18.1. The summed E-state index contributed by atoms with van der Waals surface area (Å²) in [6, 6.07) is 23.6. The van der Waals surface area contributed by atoms with Gasteiger partial charge >= 0.3 is 0 Å². The minimum atomic E-state index is 0.672. The van der Waals surface area contributed by atoms with Gasteiger partial charge in [0.2, 0.25) is 0 Å². The predicted octanol–water partition coefficient (Wildman–Crippen LogP) is 4.81. The van der Waals surface area contributed by atoms with Crippen LogP contribution >= 0.6 is 0 Å². The molecule has 0 saturated heterocycles. The lowest BCUT2D eigenvalue weighted by molar-refractivity contribution is 0.832. The summed E-state index contributed by atoms with van der Waals surface area (Å²) in [6.45, 7) is 4.89. The number of fused-ring (bicyclic) bond motifs is 1. The zero-order valence-corrected chi connectivity index (χ0v) is 15.2. The Bertz CT molecular complexity index is 1060. The van der Waals surface area contributed by atoms with Crippen molar-refractivity contribution in [3.63, 3.8) is 0 Å². The lowest BCUT2D eigenvalue weighted by Crippen LogP contribution is -2.03. The van der Waals surface area contributed by atoms with Crippen molar-refractivity contribution in [3.05, 3.63) is 83.7 Å². The van der Waals surface area contributed by atoms with Gasteiger partial charge in [0, 0.05) is 11.3 Å². The van der Waals surface area contributed by atoms with Crippen LogP contribution in [0.2, 0.25) is 0 Å². The lowest BCUT2D eigenvalue weighted by atomic mass is 10.00. The molecule has 3 aromatic carbocycles. The van der Waals surface area contributed by atoms with Crippen LogP contribution < -0.4 is 5.73 Å². The summed E-state index contributed by atoms with van der Waals surface area (Å²) < 4.78 is 2.03. The van der Waals surface area contributed by atoms with Crippen LogP contribution in [0.1, 0.15) is 17.0 Å². The third-order valence-electron chi connectivity index (χ3n) is 4.94. The molecule has 0 unspecified atom stereocenters. The molecular formula is C23H23N3. The molecule has 3 heteroatoms. The summed E-state index contributed by atoms with van der Waals surface area (Å²) in [5.74, 6) is 0. The Kier molecular flexibility index (Phi) is 4.31. The van der Waals surface area contributed by atoms with Crippen LogP contribution in [0, 0.1) is 13.8 Å². The Morgan fingerprint density at radius 1 is 0.885 bits per heavy atom. The van der Waals surface area contributed by atoms with Crippen molar-refractivity contribution < 1.29 is 0 Å². The molecule has 130 valence electrons. The van der Waals surface area contributed by atoms with Crippen LogP contribution in [0.15, 0.2) is 66.7 Å². The van der Waals surface area contributed by atoms with Crippen LogP contribution in [0.5, 0.6) is 0 Å². The largest absolute Gasteiger partial charge is 0.330 e. The molecule has 0 radical (unpaired) electrons. The van der Waals surface area contributed by atoms with E-state index < -0.39 is 0 Å². The highest BCUT2D eigenvalue weighted by Crippen LogP contribution is 2.31. The normalized spacial score (nSPS) is 11.2. The molecule has 0 atom stereocenters. The quantitative estimate of drug-likeness (QED) is 0.579. The summed E-state index contributed by atoms with van der Waals surface area (Å²) in [5.41, 5.74) is 12.6. The molecule has 0 aliphatic rings. The summed E-state index contributed by atoms with van der Waals surface area (Å²) >= 11 is 0. The second-order valence-electron chi connectivity index (χ2n) is 6.72.